The second kappa shape index (κ2) is 13.4. The van der Waals surface area contributed by atoms with Crippen LogP contribution in [0.25, 0.3) is 11.4 Å². The van der Waals surface area contributed by atoms with Gasteiger partial charge < -0.3 is 15.2 Å². The number of nitrogens with one attached hydrogen (secondary N) is 1. The number of carbonyl (C=O) groups is 2. The van der Waals surface area contributed by atoms with Crippen molar-refractivity contribution in [2.45, 2.75) is 50.6 Å². The fourth-order valence-electron chi connectivity index (χ4n) is 3.98. The van der Waals surface area contributed by atoms with E-state index >= 15 is 0 Å². The fraction of sp³-hybridized carbons (Fsp3) is 0.522. The molecule has 0 amide bonds. The van der Waals surface area contributed by atoms with Gasteiger partial charge >= 0.3 is 24.3 Å². The zero-order valence-corrected chi connectivity index (χ0v) is 19.7. The first-order valence-electron chi connectivity index (χ1n) is 11.4. The standard InChI is InChI=1S/C19H26N4.2C2HF3O2/c1-2-6-16(7-3-1)19-20-14-17(21-19)15-22-10-12-23(13-11-22)18-8-4-5-9-18;2*3-2(4,5)1(6)7/h1-3,6-7,14,18H,4-5,8-13,15H2,(H,20,21);2*(H,6,7). The Morgan fingerprint density at radius 3 is 1.84 bits per heavy atom. The highest BCUT2D eigenvalue weighted by molar-refractivity contribution is 5.73. The van der Waals surface area contributed by atoms with Crippen molar-refractivity contribution in [3.8, 4) is 11.4 Å². The van der Waals surface area contributed by atoms with Gasteiger partial charge in [0, 0.05) is 56.2 Å². The summed E-state index contributed by atoms with van der Waals surface area (Å²) in [5.74, 6) is -4.54. The Morgan fingerprint density at radius 1 is 0.892 bits per heavy atom. The number of nitrogens with zero attached hydrogens (tertiary/aromatic N) is 3. The van der Waals surface area contributed by atoms with E-state index in [9.17, 15) is 26.3 Å². The van der Waals surface area contributed by atoms with Gasteiger partial charge in [0.1, 0.15) is 5.82 Å². The molecule has 0 spiro atoms. The first-order valence-corrected chi connectivity index (χ1v) is 11.4. The van der Waals surface area contributed by atoms with Crippen LogP contribution in [0.1, 0.15) is 31.4 Å². The molecule has 14 heteroatoms. The molecule has 1 saturated heterocycles. The third-order valence-electron chi connectivity index (χ3n) is 5.80. The number of alkyl halides is 6. The molecule has 4 rings (SSSR count). The predicted molar refractivity (Wildman–Crippen MR) is 121 cm³/mol. The van der Waals surface area contributed by atoms with E-state index in [4.69, 9.17) is 19.8 Å². The summed E-state index contributed by atoms with van der Waals surface area (Å²) in [7, 11) is 0. The van der Waals surface area contributed by atoms with E-state index in [-0.39, 0.29) is 0 Å². The lowest BCUT2D eigenvalue weighted by Gasteiger charge is -2.37. The van der Waals surface area contributed by atoms with E-state index in [1.54, 1.807) is 0 Å². The van der Waals surface area contributed by atoms with Crippen LogP contribution in [0.2, 0.25) is 0 Å². The van der Waals surface area contributed by atoms with E-state index in [1.165, 1.54) is 57.6 Å². The molecule has 1 aromatic carbocycles. The Hall–Kier alpha value is -3.13. The van der Waals surface area contributed by atoms with Gasteiger partial charge in [0.2, 0.25) is 0 Å². The molecule has 0 bridgehead atoms. The average Bonchev–Trinajstić information content (AvgIpc) is 3.53. The molecular weight excluding hydrogens is 510 g/mol. The van der Waals surface area contributed by atoms with Gasteiger partial charge in [-0.25, -0.2) is 14.6 Å². The van der Waals surface area contributed by atoms with Gasteiger partial charge in [-0.2, -0.15) is 26.3 Å². The van der Waals surface area contributed by atoms with Crippen LogP contribution in [-0.2, 0) is 16.1 Å². The van der Waals surface area contributed by atoms with Crippen molar-refractivity contribution in [3.05, 3.63) is 42.2 Å². The molecule has 1 aliphatic carbocycles. The summed E-state index contributed by atoms with van der Waals surface area (Å²) in [5.41, 5.74) is 2.38. The quantitative estimate of drug-likeness (QED) is 0.495. The lowest BCUT2D eigenvalue weighted by molar-refractivity contribution is -0.193. The first-order chi connectivity index (χ1) is 17.3. The summed E-state index contributed by atoms with van der Waals surface area (Å²) < 4.78 is 63.5. The van der Waals surface area contributed by atoms with Gasteiger partial charge in [-0.1, -0.05) is 43.2 Å². The molecule has 3 N–H and O–H groups in total. The number of rotatable bonds is 4. The van der Waals surface area contributed by atoms with E-state index < -0.39 is 24.3 Å². The van der Waals surface area contributed by atoms with Gasteiger partial charge in [-0.3, -0.25) is 9.80 Å². The second-order valence-corrected chi connectivity index (χ2v) is 8.48. The lowest BCUT2D eigenvalue weighted by atomic mass is 10.2. The topological polar surface area (TPSA) is 110 Å². The summed E-state index contributed by atoms with van der Waals surface area (Å²) in [6.45, 7) is 5.79. The number of aromatic amines is 1. The summed E-state index contributed by atoms with van der Waals surface area (Å²) in [5, 5.41) is 14.2. The third kappa shape index (κ3) is 10.4. The molecule has 37 heavy (non-hydrogen) atoms. The Labute approximate surface area is 208 Å². The van der Waals surface area contributed by atoms with Gasteiger partial charge in [-0.05, 0) is 12.8 Å². The minimum absolute atomic E-state index is 0.869. The zero-order chi connectivity index (χ0) is 27.6. The molecule has 2 heterocycles. The van der Waals surface area contributed by atoms with E-state index in [0.717, 1.165) is 24.0 Å². The van der Waals surface area contributed by atoms with E-state index in [2.05, 4.69) is 44.0 Å². The van der Waals surface area contributed by atoms with Crippen LogP contribution in [0.3, 0.4) is 0 Å². The molecule has 0 atom stereocenters. The molecule has 8 nitrogen and oxygen atoms in total. The molecule has 2 aromatic rings. The molecule has 2 aliphatic rings. The number of carboxylic acid groups (broad SMARTS) is 2. The van der Waals surface area contributed by atoms with Crippen LogP contribution in [0.15, 0.2) is 36.5 Å². The fourth-order valence-corrected chi connectivity index (χ4v) is 3.98. The number of hydrogen-bond acceptors (Lipinski definition) is 5. The van der Waals surface area contributed by atoms with Crippen molar-refractivity contribution >= 4 is 11.9 Å². The molecule has 1 saturated carbocycles. The molecule has 2 fully saturated rings. The highest BCUT2D eigenvalue weighted by Crippen LogP contribution is 2.24. The van der Waals surface area contributed by atoms with Crippen LogP contribution >= 0.6 is 0 Å². The van der Waals surface area contributed by atoms with Crippen LogP contribution in [0.4, 0.5) is 26.3 Å². The Balaban J connectivity index is 0.000000286. The number of carboxylic acids is 2. The second-order valence-electron chi connectivity index (χ2n) is 8.48. The van der Waals surface area contributed by atoms with Crippen LogP contribution < -0.4 is 0 Å². The molecule has 1 aliphatic heterocycles. The van der Waals surface area contributed by atoms with Crippen molar-refractivity contribution in [1.29, 1.82) is 0 Å². The van der Waals surface area contributed by atoms with Crippen LogP contribution in [0.5, 0.6) is 0 Å². The maximum Gasteiger partial charge on any atom is 0.490 e. The minimum Gasteiger partial charge on any atom is -0.475 e. The largest absolute Gasteiger partial charge is 0.490 e. The number of H-pyrrole nitrogens is 1. The van der Waals surface area contributed by atoms with Gasteiger partial charge in [-0.15, -0.1) is 0 Å². The number of aromatic nitrogens is 2. The molecule has 206 valence electrons. The van der Waals surface area contributed by atoms with Crippen LogP contribution in [0, 0.1) is 0 Å². The highest BCUT2D eigenvalue weighted by atomic mass is 19.4. The Bertz CT molecular complexity index is 959. The maximum atomic E-state index is 10.6. The van der Waals surface area contributed by atoms with Gasteiger partial charge in [0.05, 0.1) is 0 Å². The Kier molecular flexibility index (Phi) is 10.9. The van der Waals surface area contributed by atoms with Crippen molar-refractivity contribution in [3.63, 3.8) is 0 Å². The zero-order valence-electron chi connectivity index (χ0n) is 19.7. The number of piperazine rings is 1. The summed E-state index contributed by atoms with van der Waals surface area (Å²) in [6, 6.07) is 11.2. The summed E-state index contributed by atoms with van der Waals surface area (Å²) >= 11 is 0. The van der Waals surface area contributed by atoms with Gasteiger partial charge in [0.15, 0.2) is 0 Å². The molecule has 0 unspecified atom stereocenters. The minimum atomic E-state index is -5.08. The smallest absolute Gasteiger partial charge is 0.475 e. The van der Waals surface area contributed by atoms with Crippen molar-refractivity contribution in [2.75, 3.05) is 26.2 Å². The molecular formula is C23H28F6N4O4. The monoisotopic (exact) mass is 538 g/mol. The number of aliphatic carboxylic acids is 2. The lowest BCUT2D eigenvalue weighted by Crippen LogP contribution is -2.49. The number of benzene rings is 1. The summed E-state index contributed by atoms with van der Waals surface area (Å²) in [6.07, 6.45) is -2.48. The summed E-state index contributed by atoms with van der Waals surface area (Å²) in [4.78, 5) is 31.1. The number of halogens is 6. The average molecular weight is 538 g/mol. The SMILES string of the molecule is O=C(O)C(F)(F)F.O=C(O)C(F)(F)F.c1ccc(-c2ncc(CN3CCN(C4CCCC4)CC3)[nH]2)cc1. The van der Waals surface area contributed by atoms with Gasteiger partial charge in [0.25, 0.3) is 0 Å². The van der Waals surface area contributed by atoms with Crippen molar-refractivity contribution in [2.24, 2.45) is 0 Å². The molecule has 1 aromatic heterocycles. The number of imidazole rings is 1. The number of hydrogen-bond donors (Lipinski definition) is 3. The van der Waals surface area contributed by atoms with E-state index in [0.29, 0.717) is 0 Å². The van der Waals surface area contributed by atoms with Crippen LogP contribution in [-0.4, -0.2) is 86.5 Å². The van der Waals surface area contributed by atoms with E-state index in [1.807, 2.05) is 12.3 Å². The van der Waals surface area contributed by atoms with Crippen molar-refractivity contribution < 1.29 is 46.1 Å². The maximum absolute atomic E-state index is 10.6. The highest BCUT2D eigenvalue weighted by Gasteiger charge is 2.38. The molecule has 0 radical (unpaired) electrons. The Morgan fingerprint density at radius 2 is 1.38 bits per heavy atom. The third-order valence-corrected chi connectivity index (χ3v) is 5.80. The normalized spacial score (nSPS) is 17.4. The predicted octanol–water partition coefficient (Wildman–Crippen LogP) is 4.40. The van der Waals surface area contributed by atoms with Crippen molar-refractivity contribution in [1.82, 2.24) is 19.8 Å². The first kappa shape index (κ1) is 30.1.